The maximum atomic E-state index is 4.45. The Morgan fingerprint density at radius 3 is 2.17 bits per heavy atom. The van der Waals surface area contributed by atoms with E-state index in [1.165, 1.54) is 32.5 Å². The Morgan fingerprint density at radius 2 is 1.83 bits per heavy atom. The summed E-state index contributed by atoms with van der Waals surface area (Å²) in [5.74, 6) is 0. The average Bonchev–Trinajstić information content (AvgIpc) is 2.62. The van der Waals surface area contributed by atoms with Crippen LogP contribution in [-0.2, 0) is 0 Å². The van der Waals surface area contributed by atoms with Crippen molar-refractivity contribution in [3.05, 3.63) is 0 Å². The topological polar surface area (TPSA) is 6.25 Å². The minimum atomic E-state index is 0.436. The lowest BCUT2D eigenvalue weighted by Gasteiger charge is -2.34. The van der Waals surface area contributed by atoms with Crippen LogP contribution >= 0.6 is 12.6 Å². The highest BCUT2D eigenvalue weighted by molar-refractivity contribution is 7.80. The molecular weight excluding hydrogens is 168 g/mol. The van der Waals surface area contributed by atoms with Crippen molar-refractivity contribution in [2.75, 3.05) is 26.7 Å². The fraction of sp³-hybridized carbons (Fsp3) is 1.00. The summed E-state index contributed by atoms with van der Waals surface area (Å²) in [5.41, 5.74) is 0.610. The largest absolute Gasteiger partial charge is 0.297 e. The van der Waals surface area contributed by atoms with Gasteiger partial charge in [0.1, 0.15) is 0 Å². The van der Waals surface area contributed by atoms with Gasteiger partial charge in [-0.15, -0.1) is 0 Å². The average molecular weight is 186 g/mol. The minimum Gasteiger partial charge on any atom is -0.297 e. The van der Waals surface area contributed by atoms with Crippen LogP contribution in [0.2, 0.25) is 0 Å². The summed E-state index contributed by atoms with van der Waals surface area (Å²) >= 11 is 4.45. The summed E-state index contributed by atoms with van der Waals surface area (Å²) in [6.45, 7) is 5.95. The third-order valence-electron chi connectivity index (χ3n) is 3.49. The fourth-order valence-electron chi connectivity index (χ4n) is 2.26. The molecule has 2 unspecified atom stereocenters. The number of hydrogen-bond acceptors (Lipinski definition) is 3. The van der Waals surface area contributed by atoms with E-state index in [1.54, 1.807) is 0 Å². The summed E-state index contributed by atoms with van der Waals surface area (Å²) in [7, 11) is 2.24. The van der Waals surface area contributed by atoms with E-state index < -0.39 is 0 Å². The van der Waals surface area contributed by atoms with Crippen molar-refractivity contribution in [1.29, 1.82) is 0 Å². The fourth-order valence-corrected chi connectivity index (χ4v) is 2.49. The molecule has 0 aromatic heterocycles. The number of hydrogen-bond donors (Lipinski definition) is 1. The molecule has 12 heavy (non-hydrogen) atoms. The third kappa shape index (κ3) is 1.38. The smallest absolute Gasteiger partial charge is 0.0499 e. The Labute approximate surface area is 80.3 Å². The Morgan fingerprint density at radius 1 is 1.33 bits per heavy atom. The molecule has 2 aliphatic heterocycles. The van der Waals surface area contributed by atoms with Crippen molar-refractivity contribution >= 4 is 12.6 Å². The quantitative estimate of drug-likeness (QED) is 0.483. The van der Waals surface area contributed by atoms with E-state index in [-0.39, 0.29) is 0 Å². The number of thiol groups is 1. The van der Waals surface area contributed by atoms with Crippen LogP contribution in [0, 0.1) is 0 Å². The van der Waals surface area contributed by atoms with Crippen molar-refractivity contribution in [2.45, 2.75) is 30.7 Å². The molecule has 2 atom stereocenters. The molecule has 1 spiro atoms. The van der Waals surface area contributed by atoms with Crippen LogP contribution in [0.25, 0.3) is 0 Å². The number of likely N-dealkylation sites (tertiary alicyclic amines) is 1. The van der Waals surface area contributed by atoms with Gasteiger partial charge in [0, 0.05) is 30.5 Å². The summed E-state index contributed by atoms with van der Waals surface area (Å²) in [4.78, 5) is 4.94. The lowest BCUT2D eigenvalue weighted by Crippen LogP contribution is -2.41. The maximum Gasteiger partial charge on any atom is 0.0499 e. The van der Waals surface area contributed by atoms with Crippen LogP contribution in [0.3, 0.4) is 0 Å². The Balaban J connectivity index is 1.86. The maximum absolute atomic E-state index is 4.45. The van der Waals surface area contributed by atoms with Crippen LogP contribution in [0.1, 0.15) is 19.8 Å². The van der Waals surface area contributed by atoms with Gasteiger partial charge in [-0.2, -0.15) is 12.6 Å². The molecule has 70 valence electrons. The van der Waals surface area contributed by atoms with Gasteiger partial charge in [0.25, 0.3) is 0 Å². The minimum absolute atomic E-state index is 0.436. The molecule has 3 heteroatoms. The van der Waals surface area contributed by atoms with Gasteiger partial charge in [0.05, 0.1) is 0 Å². The molecule has 0 N–H and O–H groups in total. The van der Waals surface area contributed by atoms with E-state index in [9.17, 15) is 0 Å². The monoisotopic (exact) mass is 186 g/mol. The predicted molar refractivity (Wildman–Crippen MR) is 54.6 cm³/mol. The van der Waals surface area contributed by atoms with Crippen LogP contribution < -0.4 is 0 Å². The first-order chi connectivity index (χ1) is 5.64. The summed E-state index contributed by atoms with van der Waals surface area (Å²) in [5, 5.41) is 0.436. The summed E-state index contributed by atoms with van der Waals surface area (Å²) in [6, 6.07) is 0. The van der Waals surface area contributed by atoms with E-state index in [4.69, 9.17) is 0 Å². The first-order valence-electron chi connectivity index (χ1n) is 4.77. The van der Waals surface area contributed by atoms with Gasteiger partial charge in [-0.05, 0) is 26.8 Å². The standard InChI is InChI=1S/C9H18N2S/c1-8(12)11-5-3-9(4-6-11)7-10(9)2/h8,12H,3-7H2,1-2H3. The van der Waals surface area contributed by atoms with Crippen molar-refractivity contribution < 1.29 is 0 Å². The van der Waals surface area contributed by atoms with Crippen LogP contribution in [0.5, 0.6) is 0 Å². The first-order valence-corrected chi connectivity index (χ1v) is 5.29. The highest BCUT2D eigenvalue weighted by Crippen LogP contribution is 2.40. The third-order valence-corrected chi connectivity index (χ3v) is 3.82. The number of rotatable bonds is 1. The molecule has 2 fully saturated rings. The molecule has 0 aliphatic carbocycles. The zero-order valence-electron chi connectivity index (χ0n) is 7.95. The van der Waals surface area contributed by atoms with Crippen molar-refractivity contribution in [1.82, 2.24) is 9.80 Å². The lowest BCUT2D eigenvalue weighted by atomic mass is 9.97. The van der Waals surface area contributed by atoms with Crippen LogP contribution in [0.4, 0.5) is 0 Å². The molecule has 0 aromatic carbocycles. The Bertz CT molecular complexity index is 173. The second-order valence-electron chi connectivity index (χ2n) is 4.25. The van der Waals surface area contributed by atoms with E-state index in [0.717, 1.165) is 0 Å². The van der Waals surface area contributed by atoms with E-state index in [2.05, 4.69) is 36.4 Å². The van der Waals surface area contributed by atoms with Gasteiger partial charge in [-0.1, -0.05) is 0 Å². The van der Waals surface area contributed by atoms with Crippen molar-refractivity contribution in [2.24, 2.45) is 0 Å². The van der Waals surface area contributed by atoms with Crippen molar-refractivity contribution in [3.63, 3.8) is 0 Å². The molecule has 2 aliphatic rings. The second-order valence-corrected chi connectivity index (χ2v) is 5.00. The van der Waals surface area contributed by atoms with Crippen LogP contribution in [-0.4, -0.2) is 47.4 Å². The molecule has 2 rings (SSSR count). The van der Waals surface area contributed by atoms with Crippen molar-refractivity contribution in [3.8, 4) is 0 Å². The van der Waals surface area contributed by atoms with Gasteiger partial charge < -0.3 is 0 Å². The molecule has 2 heterocycles. The lowest BCUT2D eigenvalue weighted by molar-refractivity contribution is 0.179. The van der Waals surface area contributed by atoms with E-state index >= 15 is 0 Å². The summed E-state index contributed by atoms with van der Waals surface area (Å²) < 4.78 is 0. The van der Waals surface area contributed by atoms with Gasteiger partial charge >= 0.3 is 0 Å². The zero-order chi connectivity index (χ0) is 8.77. The molecular formula is C9H18N2S. The van der Waals surface area contributed by atoms with Crippen LogP contribution in [0.15, 0.2) is 0 Å². The molecule has 2 saturated heterocycles. The van der Waals surface area contributed by atoms with E-state index in [1.807, 2.05) is 0 Å². The van der Waals surface area contributed by atoms with Gasteiger partial charge in [-0.25, -0.2) is 0 Å². The first kappa shape index (κ1) is 8.85. The highest BCUT2D eigenvalue weighted by atomic mass is 32.1. The molecule has 0 saturated carbocycles. The summed E-state index contributed by atoms with van der Waals surface area (Å²) in [6.07, 6.45) is 2.68. The molecule has 0 amide bonds. The second kappa shape index (κ2) is 2.89. The Kier molecular flexibility index (Phi) is 2.13. The SMILES string of the molecule is CC(S)N1CCC2(CC1)CN2C. The normalized spacial score (nSPS) is 36.8. The Hall–Kier alpha value is 0.270. The van der Waals surface area contributed by atoms with E-state index in [0.29, 0.717) is 10.9 Å². The van der Waals surface area contributed by atoms with Gasteiger partial charge in [0.2, 0.25) is 0 Å². The number of piperidine rings is 1. The molecule has 0 radical (unpaired) electrons. The molecule has 0 aromatic rings. The number of nitrogens with zero attached hydrogens (tertiary/aromatic N) is 2. The number of likely N-dealkylation sites (N-methyl/N-ethyl adjacent to an activating group) is 1. The van der Waals surface area contributed by atoms with Gasteiger partial charge in [-0.3, -0.25) is 9.80 Å². The zero-order valence-corrected chi connectivity index (χ0v) is 8.85. The highest BCUT2D eigenvalue weighted by Gasteiger charge is 2.50. The van der Waals surface area contributed by atoms with Gasteiger partial charge in [0.15, 0.2) is 0 Å². The molecule has 0 bridgehead atoms. The predicted octanol–water partition coefficient (Wildman–Crippen LogP) is 1.04. The molecule has 2 nitrogen and oxygen atoms in total.